The number of hydrogen-bond acceptors (Lipinski definition) is 6. The number of ether oxygens (including phenoxy) is 1. The van der Waals surface area contributed by atoms with Crippen LogP contribution in [-0.4, -0.2) is 52.0 Å². The van der Waals surface area contributed by atoms with Crippen LogP contribution in [-0.2, 0) is 14.3 Å². The molecule has 4 rings (SSSR count). The first-order valence-electron chi connectivity index (χ1n) is 13.8. The number of ketones is 1. The van der Waals surface area contributed by atoms with Crippen molar-refractivity contribution in [3.63, 3.8) is 0 Å². The molecule has 0 heterocycles. The molecule has 0 saturated heterocycles. The maximum absolute atomic E-state index is 13.6. The molecule has 0 aromatic rings. The van der Waals surface area contributed by atoms with Gasteiger partial charge in [0.15, 0.2) is 5.78 Å². The summed E-state index contributed by atoms with van der Waals surface area (Å²) in [7, 11) is 1.32. The molecule has 0 aliphatic heterocycles. The lowest BCUT2D eigenvalue weighted by Gasteiger charge is -2.64. The predicted octanol–water partition coefficient (Wildman–Crippen LogP) is 4.51. The number of aliphatic hydroxyl groups is 3. The maximum Gasteiger partial charge on any atom is 0.333 e. The highest BCUT2D eigenvalue weighted by Crippen LogP contribution is 2.69. The van der Waals surface area contributed by atoms with Gasteiger partial charge in [-0.05, 0) is 92.1 Å². The molecule has 3 saturated carbocycles. The summed E-state index contributed by atoms with van der Waals surface area (Å²) in [6, 6.07) is 0. The lowest BCUT2D eigenvalue weighted by atomic mass is 9.42. The standard InChI is InChI=1S/C30H46O6/c1-17(14-19(31)15-18(2)26(34)36-7)21-16-22(32)25-20-8-9-23-27(3,4)24(33)10-11-29(23,6)30(20,35)13-12-28(21,25)5/h15,17,19,21,23-24,31,33,35H,8-14,16H2,1-7H3/b18-15+/t17-,19-,21+,23+,24-,28+,29+,30-/m1/s1. The Morgan fingerprint density at radius 3 is 2.47 bits per heavy atom. The highest BCUT2D eigenvalue weighted by molar-refractivity contribution is 6.01. The van der Waals surface area contributed by atoms with E-state index in [0.29, 0.717) is 37.7 Å². The number of methoxy groups -OCH3 is 1. The van der Waals surface area contributed by atoms with Crippen LogP contribution < -0.4 is 0 Å². The molecule has 0 aromatic heterocycles. The first-order chi connectivity index (χ1) is 16.6. The van der Waals surface area contributed by atoms with Crippen molar-refractivity contribution in [1.82, 2.24) is 0 Å². The third-order valence-electron chi connectivity index (χ3n) is 11.2. The van der Waals surface area contributed by atoms with Gasteiger partial charge in [0.2, 0.25) is 0 Å². The number of aliphatic hydroxyl groups excluding tert-OH is 2. The van der Waals surface area contributed by atoms with Gasteiger partial charge >= 0.3 is 5.97 Å². The number of allylic oxidation sites excluding steroid dienone is 1. The van der Waals surface area contributed by atoms with Crippen molar-refractivity contribution in [2.24, 2.45) is 34.0 Å². The summed E-state index contributed by atoms with van der Waals surface area (Å²) in [5, 5.41) is 33.8. The average molecular weight is 503 g/mol. The number of rotatable bonds is 5. The number of esters is 1. The molecule has 0 aromatic carbocycles. The highest BCUT2D eigenvalue weighted by atomic mass is 16.5. The van der Waals surface area contributed by atoms with Crippen molar-refractivity contribution < 1.29 is 29.6 Å². The molecule has 4 aliphatic rings. The van der Waals surface area contributed by atoms with E-state index in [2.05, 4.69) is 34.6 Å². The van der Waals surface area contributed by atoms with Gasteiger partial charge in [-0.25, -0.2) is 4.79 Å². The zero-order valence-corrected chi connectivity index (χ0v) is 23.2. The second-order valence-corrected chi connectivity index (χ2v) is 13.4. The number of carbonyl (C=O) groups excluding carboxylic acids is 2. The summed E-state index contributed by atoms with van der Waals surface area (Å²) < 4.78 is 4.74. The molecular formula is C30H46O6. The van der Waals surface area contributed by atoms with E-state index in [-0.39, 0.29) is 45.9 Å². The summed E-state index contributed by atoms with van der Waals surface area (Å²) in [4.78, 5) is 25.3. The predicted molar refractivity (Wildman–Crippen MR) is 138 cm³/mol. The lowest BCUT2D eigenvalue weighted by Crippen LogP contribution is -2.64. The number of Topliss-reactive ketones (excluding diaryl/α,β-unsaturated/α-hetero) is 1. The molecule has 6 nitrogen and oxygen atoms in total. The molecular weight excluding hydrogens is 456 g/mol. The normalized spacial score (nSPS) is 41.8. The molecule has 4 aliphatic carbocycles. The van der Waals surface area contributed by atoms with Crippen molar-refractivity contribution in [1.29, 1.82) is 0 Å². The monoisotopic (exact) mass is 502 g/mol. The van der Waals surface area contributed by atoms with E-state index in [4.69, 9.17) is 4.74 Å². The Hall–Kier alpha value is -1.50. The summed E-state index contributed by atoms with van der Waals surface area (Å²) in [6.45, 7) is 12.4. The van der Waals surface area contributed by atoms with E-state index in [9.17, 15) is 24.9 Å². The van der Waals surface area contributed by atoms with Crippen LogP contribution in [0.25, 0.3) is 0 Å². The third kappa shape index (κ3) is 3.85. The van der Waals surface area contributed by atoms with Crippen LogP contribution in [0.2, 0.25) is 0 Å². The summed E-state index contributed by atoms with van der Waals surface area (Å²) in [6.07, 6.45) is 5.65. The molecule has 0 unspecified atom stereocenters. The Balaban J connectivity index is 1.65. The lowest BCUT2D eigenvalue weighted by molar-refractivity contribution is -0.195. The fourth-order valence-corrected chi connectivity index (χ4v) is 9.08. The molecule has 0 spiro atoms. The minimum atomic E-state index is -1.02. The van der Waals surface area contributed by atoms with E-state index in [1.807, 2.05) is 0 Å². The van der Waals surface area contributed by atoms with Crippen LogP contribution >= 0.6 is 0 Å². The van der Waals surface area contributed by atoms with Gasteiger partial charge in [-0.3, -0.25) is 4.79 Å². The van der Waals surface area contributed by atoms with Gasteiger partial charge in [0, 0.05) is 23.0 Å². The van der Waals surface area contributed by atoms with Crippen LogP contribution in [0, 0.1) is 34.0 Å². The molecule has 3 fully saturated rings. The van der Waals surface area contributed by atoms with Gasteiger partial charge in [-0.15, -0.1) is 0 Å². The van der Waals surface area contributed by atoms with E-state index in [1.165, 1.54) is 7.11 Å². The van der Waals surface area contributed by atoms with Crippen molar-refractivity contribution in [3.8, 4) is 0 Å². The maximum atomic E-state index is 13.6. The third-order valence-corrected chi connectivity index (χ3v) is 11.2. The first kappa shape index (κ1) is 27.5. The number of fused-ring (bicyclic) bond motifs is 4. The summed E-state index contributed by atoms with van der Waals surface area (Å²) >= 11 is 0. The van der Waals surface area contributed by atoms with Gasteiger partial charge in [-0.2, -0.15) is 0 Å². The highest BCUT2D eigenvalue weighted by Gasteiger charge is 2.67. The van der Waals surface area contributed by atoms with Crippen LogP contribution in [0.1, 0.15) is 92.9 Å². The van der Waals surface area contributed by atoms with Crippen LogP contribution in [0.3, 0.4) is 0 Å². The van der Waals surface area contributed by atoms with E-state index in [0.717, 1.165) is 30.4 Å². The Morgan fingerprint density at radius 1 is 1.17 bits per heavy atom. The molecule has 0 bridgehead atoms. The largest absolute Gasteiger partial charge is 0.466 e. The van der Waals surface area contributed by atoms with Crippen LogP contribution in [0.4, 0.5) is 0 Å². The SMILES string of the molecule is COC(=O)/C(C)=C/[C@H](O)C[C@@H](C)[C@@H]1CC(=O)C2=C3CC[C@H]4C(C)(C)[C@H](O)CC[C@]4(C)[C@@]3(O)CC[C@]21C. The number of carbonyl (C=O) groups is 2. The Labute approximate surface area is 216 Å². The smallest absolute Gasteiger partial charge is 0.333 e. The van der Waals surface area contributed by atoms with E-state index >= 15 is 0 Å². The van der Waals surface area contributed by atoms with Gasteiger partial charge in [0.05, 0.1) is 24.9 Å². The van der Waals surface area contributed by atoms with Gasteiger partial charge in [-0.1, -0.05) is 34.6 Å². The second-order valence-electron chi connectivity index (χ2n) is 13.4. The quantitative estimate of drug-likeness (QED) is 0.378. The Kier molecular flexibility index (Phi) is 6.93. The Morgan fingerprint density at radius 2 is 1.83 bits per heavy atom. The molecule has 6 heteroatoms. The van der Waals surface area contributed by atoms with Gasteiger partial charge in [0.1, 0.15) is 0 Å². The molecule has 3 N–H and O–H groups in total. The molecule has 0 radical (unpaired) electrons. The van der Waals surface area contributed by atoms with E-state index < -0.39 is 17.7 Å². The summed E-state index contributed by atoms with van der Waals surface area (Å²) in [5.41, 5.74) is 0.205. The van der Waals surface area contributed by atoms with E-state index in [1.54, 1.807) is 13.0 Å². The van der Waals surface area contributed by atoms with Crippen molar-refractivity contribution in [2.75, 3.05) is 7.11 Å². The molecule has 8 atom stereocenters. The first-order valence-corrected chi connectivity index (χ1v) is 13.8. The van der Waals surface area contributed by atoms with Crippen molar-refractivity contribution in [3.05, 3.63) is 22.8 Å². The van der Waals surface area contributed by atoms with Crippen LogP contribution in [0.15, 0.2) is 22.8 Å². The van der Waals surface area contributed by atoms with Crippen LogP contribution in [0.5, 0.6) is 0 Å². The Bertz CT molecular complexity index is 993. The minimum Gasteiger partial charge on any atom is -0.466 e. The second kappa shape index (κ2) is 9.06. The van der Waals surface area contributed by atoms with Crippen molar-refractivity contribution in [2.45, 2.75) is 111 Å². The van der Waals surface area contributed by atoms with Gasteiger partial charge in [0.25, 0.3) is 0 Å². The van der Waals surface area contributed by atoms with Crippen molar-refractivity contribution >= 4 is 11.8 Å². The average Bonchev–Trinajstić information content (AvgIpc) is 3.07. The zero-order valence-electron chi connectivity index (χ0n) is 23.2. The van der Waals surface area contributed by atoms with Gasteiger partial charge < -0.3 is 20.1 Å². The molecule has 202 valence electrons. The molecule has 0 amide bonds. The zero-order chi connectivity index (χ0) is 26.8. The fourth-order valence-electron chi connectivity index (χ4n) is 9.08. The minimum absolute atomic E-state index is 0.0654. The topological polar surface area (TPSA) is 104 Å². The fraction of sp³-hybridized carbons (Fsp3) is 0.800. The summed E-state index contributed by atoms with van der Waals surface area (Å²) in [5.74, 6) is 0.0316. The molecule has 36 heavy (non-hydrogen) atoms. The number of hydrogen-bond donors (Lipinski definition) is 3.